The van der Waals surface area contributed by atoms with Crippen LogP contribution in [-0.2, 0) is 14.2 Å². The second-order valence-corrected chi connectivity index (χ2v) is 9.72. The normalized spacial score (nSPS) is 30.5. The van der Waals surface area contributed by atoms with Crippen LogP contribution in [0.2, 0.25) is 0 Å². The minimum Gasteiger partial charge on any atom is -0.444 e. The van der Waals surface area contributed by atoms with Gasteiger partial charge in [0.2, 0.25) is 0 Å². The van der Waals surface area contributed by atoms with Crippen LogP contribution < -0.4 is 0 Å². The summed E-state index contributed by atoms with van der Waals surface area (Å²) in [5, 5.41) is 10.7. The van der Waals surface area contributed by atoms with Crippen LogP contribution in [0.4, 0.5) is 4.79 Å². The molecule has 26 heavy (non-hydrogen) atoms. The molecule has 152 valence electrons. The minimum atomic E-state index is -1.05. The van der Waals surface area contributed by atoms with Gasteiger partial charge in [0.25, 0.3) is 0 Å². The van der Waals surface area contributed by atoms with Crippen LogP contribution in [-0.4, -0.2) is 63.5 Å². The number of unbranched alkanes of at least 4 members (excludes halogenated alkanes) is 3. The number of hydrogen-bond donors (Lipinski definition) is 1. The van der Waals surface area contributed by atoms with Crippen molar-refractivity contribution in [1.82, 2.24) is 4.90 Å². The molecule has 0 radical (unpaired) electrons. The highest BCUT2D eigenvalue weighted by molar-refractivity contribution is 7.99. The molecule has 0 spiro atoms. The van der Waals surface area contributed by atoms with Gasteiger partial charge in [-0.25, -0.2) is 4.79 Å². The molecule has 0 aromatic heterocycles. The van der Waals surface area contributed by atoms with Crippen LogP contribution in [0.15, 0.2) is 0 Å². The van der Waals surface area contributed by atoms with Crippen LogP contribution in [0.3, 0.4) is 0 Å². The molecule has 1 amide bonds. The quantitative estimate of drug-likeness (QED) is 0.669. The van der Waals surface area contributed by atoms with Crippen LogP contribution >= 0.6 is 11.8 Å². The van der Waals surface area contributed by atoms with E-state index in [9.17, 15) is 9.90 Å². The number of ether oxygens (including phenoxy) is 3. The predicted molar refractivity (Wildman–Crippen MR) is 103 cm³/mol. The summed E-state index contributed by atoms with van der Waals surface area (Å²) in [5.74, 6) is 0.986. The Kier molecular flexibility index (Phi) is 7.27. The van der Waals surface area contributed by atoms with Crippen molar-refractivity contribution < 1.29 is 24.1 Å². The average Bonchev–Trinajstić information content (AvgIpc) is 2.93. The molecule has 7 heteroatoms. The van der Waals surface area contributed by atoms with Gasteiger partial charge in [-0.15, -0.1) is 0 Å². The molecule has 0 aromatic rings. The summed E-state index contributed by atoms with van der Waals surface area (Å²) in [5.41, 5.74) is -0.618. The van der Waals surface area contributed by atoms with E-state index in [-0.39, 0.29) is 12.1 Å². The van der Waals surface area contributed by atoms with Crippen molar-refractivity contribution in [1.29, 1.82) is 0 Å². The fraction of sp³-hybridized carbons (Fsp3) is 0.947. The molecule has 2 saturated heterocycles. The molecular weight excluding hydrogens is 354 g/mol. The molecule has 0 saturated carbocycles. The number of hydrogen-bond acceptors (Lipinski definition) is 6. The first-order valence-corrected chi connectivity index (χ1v) is 10.8. The topological polar surface area (TPSA) is 68.2 Å². The number of rotatable bonds is 7. The molecule has 2 aliphatic rings. The summed E-state index contributed by atoms with van der Waals surface area (Å²) in [6, 6.07) is -0.261. The summed E-state index contributed by atoms with van der Waals surface area (Å²) < 4.78 is 17.4. The summed E-state index contributed by atoms with van der Waals surface area (Å²) in [4.78, 5) is 14.1. The number of carbonyl (C=O) groups excluding carboxylic acids is 1. The number of thioether (sulfide) groups is 1. The lowest BCUT2D eigenvalue weighted by Crippen LogP contribution is -2.49. The van der Waals surface area contributed by atoms with Crippen LogP contribution in [0.1, 0.15) is 67.2 Å². The average molecular weight is 390 g/mol. The van der Waals surface area contributed by atoms with E-state index in [1.165, 1.54) is 24.2 Å². The Hall–Kier alpha value is -0.500. The Bertz CT molecular complexity index is 479. The van der Waals surface area contributed by atoms with Crippen molar-refractivity contribution >= 4 is 17.9 Å². The third-order valence-electron chi connectivity index (χ3n) is 4.51. The highest BCUT2D eigenvalue weighted by atomic mass is 32.2. The van der Waals surface area contributed by atoms with Gasteiger partial charge in [0, 0.05) is 5.75 Å². The molecule has 0 aliphatic carbocycles. The second kappa shape index (κ2) is 8.67. The molecule has 2 aliphatic heterocycles. The standard InChI is InChI=1S/C19H35NO5S/c1-7-8-9-10-11-26-12-13-14-15(24-19(5,6)23-14)16(21)20(13)17(22)25-18(2,3)4/h13-16,21H,7-12H2,1-6H3. The van der Waals surface area contributed by atoms with Crippen molar-refractivity contribution in [3.63, 3.8) is 0 Å². The molecule has 0 aromatic carbocycles. The molecule has 4 unspecified atom stereocenters. The van der Waals surface area contributed by atoms with Gasteiger partial charge in [0.05, 0.1) is 6.04 Å². The van der Waals surface area contributed by atoms with E-state index in [2.05, 4.69) is 6.92 Å². The van der Waals surface area contributed by atoms with E-state index >= 15 is 0 Å². The molecular formula is C19H35NO5S. The first kappa shape index (κ1) is 21.8. The highest BCUT2D eigenvalue weighted by Gasteiger charge is 2.59. The van der Waals surface area contributed by atoms with Gasteiger partial charge in [-0.3, -0.25) is 4.90 Å². The fourth-order valence-electron chi connectivity index (χ4n) is 3.43. The third kappa shape index (κ3) is 5.50. The van der Waals surface area contributed by atoms with Gasteiger partial charge in [0.1, 0.15) is 17.8 Å². The minimum absolute atomic E-state index is 0.261. The van der Waals surface area contributed by atoms with Crippen molar-refractivity contribution in [3.8, 4) is 0 Å². The summed E-state index contributed by atoms with van der Waals surface area (Å²) in [6.07, 6.45) is 2.42. The van der Waals surface area contributed by atoms with E-state index in [0.29, 0.717) is 5.75 Å². The van der Waals surface area contributed by atoms with Crippen molar-refractivity contribution in [3.05, 3.63) is 0 Å². The van der Waals surface area contributed by atoms with Gasteiger partial charge in [-0.1, -0.05) is 26.2 Å². The lowest BCUT2D eigenvalue weighted by atomic mass is 10.1. The van der Waals surface area contributed by atoms with E-state index in [4.69, 9.17) is 14.2 Å². The van der Waals surface area contributed by atoms with Crippen LogP contribution in [0.25, 0.3) is 0 Å². The first-order valence-electron chi connectivity index (χ1n) is 9.68. The number of nitrogens with zero attached hydrogens (tertiary/aromatic N) is 1. The Morgan fingerprint density at radius 3 is 2.46 bits per heavy atom. The number of amides is 1. The third-order valence-corrected chi connectivity index (χ3v) is 5.67. The maximum absolute atomic E-state index is 12.7. The van der Waals surface area contributed by atoms with E-state index in [1.807, 2.05) is 34.6 Å². The Morgan fingerprint density at radius 2 is 1.85 bits per heavy atom. The summed E-state index contributed by atoms with van der Waals surface area (Å²) in [7, 11) is 0. The van der Waals surface area contributed by atoms with Crippen molar-refractivity contribution in [2.45, 2.75) is 103 Å². The van der Waals surface area contributed by atoms with E-state index in [0.717, 1.165) is 12.2 Å². The predicted octanol–water partition coefficient (Wildman–Crippen LogP) is 3.76. The summed E-state index contributed by atoms with van der Waals surface area (Å²) >= 11 is 1.80. The number of likely N-dealkylation sites (tertiary alicyclic amines) is 1. The van der Waals surface area contributed by atoms with Gasteiger partial charge >= 0.3 is 6.09 Å². The number of aliphatic hydroxyl groups is 1. The van der Waals surface area contributed by atoms with Crippen molar-refractivity contribution in [2.75, 3.05) is 11.5 Å². The second-order valence-electron chi connectivity index (χ2n) is 8.57. The SMILES string of the molecule is CCCCCCSCC1C2OC(C)(C)OC2C(O)N1C(=O)OC(C)(C)C. The zero-order valence-electron chi connectivity index (χ0n) is 17.0. The highest BCUT2D eigenvalue weighted by Crippen LogP contribution is 2.41. The molecule has 2 rings (SSSR count). The monoisotopic (exact) mass is 389 g/mol. The van der Waals surface area contributed by atoms with Crippen LogP contribution in [0, 0.1) is 0 Å². The molecule has 2 heterocycles. The fourth-order valence-corrected chi connectivity index (χ4v) is 4.59. The van der Waals surface area contributed by atoms with Gasteiger partial charge in [-0.2, -0.15) is 11.8 Å². The van der Waals surface area contributed by atoms with Gasteiger partial charge < -0.3 is 19.3 Å². The largest absolute Gasteiger partial charge is 0.444 e. The smallest absolute Gasteiger partial charge is 0.412 e. The molecule has 1 N–H and O–H groups in total. The van der Waals surface area contributed by atoms with Crippen molar-refractivity contribution in [2.24, 2.45) is 0 Å². The van der Waals surface area contributed by atoms with E-state index < -0.39 is 29.8 Å². The maximum atomic E-state index is 12.7. The Labute approximate surface area is 161 Å². The van der Waals surface area contributed by atoms with E-state index in [1.54, 1.807) is 11.8 Å². The lowest BCUT2D eigenvalue weighted by Gasteiger charge is -2.33. The number of carbonyl (C=O) groups is 1. The number of aliphatic hydroxyl groups excluding tert-OH is 1. The zero-order valence-corrected chi connectivity index (χ0v) is 17.8. The number of fused-ring (bicyclic) bond motifs is 1. The summed E-state index contributed by atoms with van der Waals surface area (Å²) in [6.45, 7) is 11.3. The first-order chi connectivity index (χ1) is 12.1. The lowest BCUT2D eigenvalue weighted by molar-refractivity contribution is -0.182. The Balaban J connectivity index is 2.03. The van der Waals surface area contributed by atoms with Gasteiger partial charge in [-0.05, 0) is 46.8 Å². The maximum Gasteiger partial charge on any atom is 0.412 e. The zero-order chi connectivity index (χ0) is 19.5. The van der Waals surface area contributed by atoms with Gasteiger partial charge in [0.15, 0.2) is 12.0 Å². The Morgan fingerprint density at radius 1 is 1.19 bits per heavy atom. The molecule has 4 atom stereocenters. The van der Waals surface area contributed by atoms with Crippen LogP contribution in [0.5, 0.6) is 0 Å². The molecule has 2 fully saturated rings. The molecule has 0 bridgehead atoms. The molecule has 6 nitrogen and oxygen atoms in total.